The fourth-order valence-corrected chi connectivity index (χ4v) is 3.35. The van der Waals surface area contributed by atoms with E-state index >= 15 is 0 Å². The first-order valence-corrected chi connectivity index (χ1v) is 12.8. The van der Waals surface area contributed by atoms with E-state index in [1.165, 1.54) is 13.8 Å². The first-order chi connectivity index (χ1) is 17.9. The van der Waals surface area contributed by atoms with E-state index in [0.29, 0.717) is 21.9 Å². The fourth-order valence-electron chi connectivity index (χ4n) is 3.22. The van der Waals surface area contributed by atoms with Crippen LogP contribution in [0.5, 0.6) is 5.75 Å². The quantitative estimate of drug-likeness (QED) is 0.242. The van der Waals surface area contributed by atoms with Gasteiger partial charge in [0.05, 0.1) is 0 Å². The maximum absolute atomic E-state index is 12.8. The molecule has 1 N–H and O–H groups in total. The number of ether oxygens (including phenoxy) is 4. The maximum Gasteiger partial charge on any atom is 0.408 e. The lowest BCUT2D eigenvalue weighted by Gasteiger charge is -2.29. The zero-order valence-corrected chi connectivity index (χ0v) is 24.3. The molecule has 0 aliphatic rings. The summed E-state index contributed by atoms with van der Waals surface area (Å²) in [5.41, 5.74) is -0.730. The minimum atomic E-state index is -1.33. The molecular weight excluding hydrogens is 526 g/mol. The van der Waals surface area contributed by atoms with Crippen LogP contribution in [0.4, 0.5) is 4.79 Å². The molecule has 0 aliphatic carbocycles. The number of esters is 2. The molecule has 0 bridgehead atoms. The summed E-state index contributed by atoms with van der Waals surface area (Å²) >= 11 is 5.88. The normalized spacial score (nSPS) is 13.9. The fraction of sp³-hybridized carbons (Fsp3) is 0.448. The van der Waals surface area contributed by atoms with Crippen LogP contribution < -0.4 is 10.1 Å². The zero-order chi connectivity index (χ0) is 29.5. The van der Waals surface area contributed by atoms with E-state index in [1.54, 1.807) is 90.1 Å². The van der Waals surface area contributed by atoms with E-state index in [9.17, 15) is 19.2 Å². The van der Waals surface area contributed by atoms with Crippen molar-refractivity contribution in [3.8, 4) is 5.75 Å². The summed E-state index contributed by atoms with van der Waals surface area (Å²) in [6.45, 7) is 13.0. The Morgan fingerprint density at radius 3 is 1.72 bits per heavy atom. The number of rotatable bonds is 9. The summed E-state index contributed by atoms with van der Waals surface area (Å²) < 4.78 is 21.7. The van der Waals surface area contributed by atoms with Crippen molar-refractivity contribution in [1.82, 2.24) is 5.32 Å². The average Bonchev–Trinajstić information content (AvgIpc) is 2.80. The lowest BCUT2D eigenvalue weighted by atomic mass is 10.0. The predicted molar refractivity (Wildman–Crippen MR) is 146 cm³/mol. The van der Waals surface area contributed by atoms with Crippen LogP contribution in [0.1, 0.15) is 71.3 Å². The summed E-state index contributed by atoms with van der Waals surface area (Å²) in [5.74, 6) is -1.42. The van der Waals surface area contributed by atoms with Crippen molar-refractivity contribution in [2.24, 2.45) is 0 Å². The number of ketones is 1. The van der Waals surface area contributed by atoms with Crippen LogP contribution in [0.3, 0.4) is 0 Å². The summed E-state index contributed by atoms with van der Waals surface area (Å²) in [6, 6.07) is 11.5. The second-order valence-corrected chi connectivity index (χ2v) is 11.4. The molecule has 0 radical (unpaired) electrons. The number of hydrogen-bond acceptors (Lipinski definition) is 8. The van der Waals surface area contributed by atoms with Crippen LogP contribution in [-0.4, -0.2) is 53.3 Å². The maximum atomic E-state index is 12.8. The predicted octanol–water partition coefficient (Wildman–Crippen LogP) is 5.51. The van der Waals surface area contributed by atoms with Crippen molar-refractivity contribution in [2.45, 2.75) is 84.8 Å². The molecular formula is C29H36ClNO8. The van der Waals surface area contributed by atoms with Gasteiger partial charge in [0.1, 0.15) is 23.1 Å². The topological polar surface area (TPSA) is 117 Å². The summed E-state index contributed by atoms with van der Waals surface area (Å²) in [5, 5.41) is 2.96. The Kier molecular flexibility index (Phi) is 10.5. The molecule has 212 valence electrons. The zero-order valence-electron chi connectivity index (χ0n) is 23.5. The molecule has 0 saturated carbocycles. The largest absolute Gasteiger partial charge is 0.479 e. The highest BCUT2D eigenvalue weighted by Crippen LogP contribution is 2.19. The number of carbonyl (C=O) groups excluding carboxylic acids is 4. The average molecular weight is 562 g/mol. The van der Waals surface area contributed by atoms with Crippen molar-refractivity contribution in [1.29, 1.82) is 0 Å². The molecule has 2 rings (SSSR count). The van der Waals surface area contributed by atoms with E-state index < -0.39 is 47.5 Å². The van der Waals surface area contributed by atoms with Gasteiger partial charge in [-0.05, 0) is 104 Å². The Labute approximate surface area is 234 Å². The first-order valence-electron chi connectivity index (χ1n) is 12.4. The van der Waals surface area contributed by atoms with E-state index in [0.717, 1.165) is 0 Å². The van der Waals surface area contributed by atoms with Crippen molar-refractivity contribution in [3.63, 3.8) is 0 Å². The Morgan fingerprint density at radius 1 is 0.744 bits per heavy atom. The molecule has 2 aromatic rings. The summed E-state index contributed by atoms with van der Waals surface area (Å²) in [4.78, 5) is 50.6. The van der Waals surface area contributed by atoms with Crippen molar-refractivity contribution >= 4 is 35.4 Å². The smallest absolute Gasteiger partial charge is 0.408 e. The van der Waals surface area contributed by atoms with Crippen molar-refractivity contribution in [3.05, 3.63) is 64.7 Å². The summed E-state index contributed by atoms with van der Waals surface area (Å²) in [7, 11) is 0. The van der Waals surface area contributed by atoms with Crippen LogP contribution in [0, 0.1) is 0 Å². The van der Waals surface area contributed by atoms with E-state index in [1.807, 2.05) is 0 Å². The molecule has 0 saturated heterocycles. The van der Waals surface area contributed by atoms with Crippen LogP contribution in [0.2, 0.25) is 5.02 Å². The van der Waals surface area contributed by atoms with Gasteiger partial charge >= 0.3 is 18.0 Å². The van der Waals surface area contributed by atoms with Gasteiger partial charge in [0, 0.05) is 16.1 Å². The van der Waals surface area contributed by atoms with E-state index in [-0.39, 0.29) is 5.78 Å². The van der Waals surface area contributed by atoms with Gasteiger partial charge < -0.3 is 24.3 Å². The SMILES string of the molecule is CC(Oc1ccc(C(=O)c2ccc(Cl)cc2)cc1)C(=O)O[C@H](C)[C@H](NC(=O)OC(C)(C)C)C(=O)OC(C)(C)C. The van der Waals surface area contributed by atoms with Crippen LogP contribution in [0.15, 0.2) is 48.5 Å². The Bertz CT molecular complexity index is 1160. The minimum Gasteiger partial charge on any atom is -0.479 e. The molecule has 9 nitrogen and oxygen atoms in total. The highest BCUT2D eigenvalue weighted by Gasteiger charge is 2.36. The third kappa shape index (κ3) is 10.6. The Morgan fingerprint density at radius 2 is 1.23 bits per heavy atom. The number of nitrogens with one attached hydrogen (secondary N) is 1. The molecule has 39 heavy (non-hydrogen) atoms. The number of halogens is 1. The van der Waals surface area contributed by atoms with Gasteiger partial charge in [-0.15, -0.1) is 0 Å². The highest BCUT2D eigenvalue weighted by molar-refractivity contribution is 6.30. The third-order valence-corrected chi connectivity index (χ3v) is 5.22. The van der Waals surface area contributed by atoms with E-state index in [2.05, 4.69) is 5.32 Å². The van der Waals surface area contributed by atoms with Crippen molar-refractivity contribution in [2.75, 3.05) is 0 Å². The molecule has 10 heteroatoms. The van der Waals surface area contributed by atoms with Gasteiger partial charge in [-0.3, -0.25) is 4.79 Å². The molecule has 2 aromatic carbocycles. The van der Waals surface area contributed by atoms with Crippen LogP contribution in [0.25, 0.3) is 0 Å². The van der Waals surface area contributed by atoms with Crippen LogP contribution in [-0.2, 0) is 23.8 Å². The van der Waals surface area contributed by atoms with Crippen molar-refractivity contribution < 1.29 is 38.1 Å². The van der Waals surface area contributed by atoms with Gasteiger partial charge in [0.2, 0.25) is 0 Å². The molecule has 0 fully saturated rings. The number of amides is 1. The first kappa shape index (κ1) is 31.6. The molecule has 0 aliphatic heterocycles. The van der Waals surface area contributed by atoms with Gasteiger partial charge in [-0.2, -0.15) is 0 Å². The molecule has 1 unspecified atom stereocenters. The third-order valence-electron chi connectivity index (χ3n) is 4.97. The van der Waals surface area contributed by atoms with Gasteiger partial charge in [-0.1, -0.05) is 11.6 Å². The lowest BCUT2D eigenvalue weighted by Crippen LogP contribution is -2.53. The Hall–Kier alpha value is -3.59. The molecule has 0 spiro atoms. The number of hydrogen-bond donors (Lipinski definition) is 1. The number of benzene rings is 2. The molecule has 1 amide bonds. The second kappa shape index (κ2) is 13.0. The van der Waals surface area contributed by atoms with Crippen LogP contribution >= 0.6 is 11.6 Å². The molecule has 0 heterocycles. The molecule has 3 atom stereocenters. The Balaban J connectivity index is 2.05. The van der Waals surface area contributed by atoms with Gasteiger partial charge in [0.25, 0.3) is 0 Å². The minimum absolute atomic E-state index is 0.190. The van der Waals surface area contributed by atoms with E-state index in [4.69, 9.17) is 30.5 Å². The standard InChI is InChI=1S/C29H36ClNO8/c1-17(23(26(34)38-28(3,4)5)31-27(35)39-29(6,7)8)37-25(33)18(2)36-22-15-11-20(12-16-22)24(32)19-9-13-21(30)14-10-19/h9-18,23H,1-8H3,(H,31,35)/t17-,18?,23+/m1/s1. The highest BCUT2D eigenvalue weighted by atomic mass is 35.5. The summed E-state index contributed by atoms with van der Waals surface area (Å²) in [6.07, 6.45) is -3.03. The lowest BCUT2D eigenvalue weighted by molar-refractivity contribution is -0.167. The van der Waals surface area contributed by atoms with Gasteiger partial charge in [0.15, 0.2) is 17.9 Å². The number of alkyl carbamates (subject to hydrolysis) is 1. The molecule has 0 aromatic heterocycles. The monoisotopic (exact) mass is 561 g/mol. The second-order valence-electron chi connectivity index (χ2n) is 10.9. The van der Waals surface area contributed by atoms with Gasteiger partial charge in [-0.25, -0.2) is 14.4 Å². The number of carbonyl (C=O) groups is 4.